The zero-order chi connectivity index (χ0) is 17.0. The molecule has 0 aliphatic heterocycles. The third-order valence-corrected chi connectivity index (χ3v) is 5.72. The number of amides is 2. The summed E-state index contributed by atoms with van der Waals surface area (Å²) in [6.07, 6.45) is 5.96. The molecule has 5 heteroatoms. The van der Waals surface area contributed by atoms with Crippen molar-refractivity contribution >= 4 is 6.03 Å². The van der Waals surface area contributed by atoms with E-state index < -0.39 is 0 Å². The van der Waals surface area contributed by atoms with E-state index in [9.17, 15) is 9.90 Å². The van der Waals surface area contributed by atoms with E-state index in [1.54, 1.807) is 0 Å². The molecule has 2 unspecified atom stereocenters. The maximum Gasteiger partial charge on any atom is 0.315 e. The van der Waals surface area contributed by atoms with Crippen LogP contribution in [0.2, 0.25) is 0 Å². The van der Waals surface area contributed by atoms with Crippen LogP contribution in [0.15, 0.2) is 24.3 Å². The zero-order valence-corrected chi connectivity index (χ0v) is 14.4. The highest BCUT2D eigenvalue weighted by Gasteiger charge is 2.57. The number of hydrogen-bond donors (Lipinski definition) is 3. The molecule has 2 saturated carbocycles. The van der Waals surface area contributed by atoms with Crippen molar-refractivity contribution < 1.29 is 14.6 Å². The lowest BCUT2D eigenvalue weighted by atomic mass is 9.60. The Morgan fingerprint density at radius 1 is 1.29 bits per heavy atom. The number of nitrogens with one attached hydrogen (secondary N) is 2. The summed E-state index contributed by atoms with van der Waals surface area (Å²) >= 11 is 0. The van der Waals surface area contributed by atoms with Gasteiger partial charge in [-0.2, -0.15) is 0 Å². The van der Waals surface area contributed by atoms with Crippen molar-refractivity contribution in [3.63, 3.8) is 0 Å². The lowest BCUT2D eigenvalue weighted by molar-refractivity contribution is -0.126. The second-order valence-corrected chi connectivity index (χ2v) is 6.93. The van der Waals surface area contributed by atoms with Crippen molar-refractivity contribution in [3.05, 3.63) is 35.4 Å². The highest BCUT2D eigenvalue weighted by atomic mass is 16.5. The lowest BCUT2D eigenvalue weighted by Gasteiger charge is -2.53. The highest BCUT2D eigenvalue weighted by Crippen LogP contribution is 2.54. The number of carbonyl (C=O) groups excluding carboxylic acids is 1. The van der Waals surface area contributed by atoms with Gasteiger partial charge in [0.1, 0.15) is 0 Å². The summed E-state index contributed by atoms with van der Waals surface area (Å²) in [6, 6.07) is 7.69. The molecule has 5 nitrogen and oxygen atoms in total. The molecule has 1 spiro atoms. The molecule has 1 aromatic carbocycles. The Morgan fingerprint density at radius 3 is 2.67 bits per heavy atom. The molecule has 0 radical (unpaired) electrons. The van der Waals surface area contributed by atoms with Gasteiger partial charge in [0.15, 0.2) is 0 Å². The molecule has 3 rings (SSSR count). The minimum absolute atomic E-state index is 0.0127. The first-order valence-corrected chi connectivity index (χ1v) is 9.03. The molecule has 0 heterocycles. The third kappa shape index (κ3) is 3.28. The van der Waals surface area contributed by atoms with Gasteiger partial charge in [0, 0.05) is 24.6 Å². The minimum Gasteiger partial charge on any atom is -0.392 e. The molecule has 2 aliphatic carbocycles. The fourth-order valence-corrected chi connectivity index (χ4v) is 4.36. The minimum atomic E-state index is -0.131. The topological polar surface area (TPSA) is 70.6 Å². The molecule has 2 aliphatic rings. The Morgan fingerprint density at radius 2 is 2.00 bits per heavy atom. The molecular formula is C19H28N2O3. The van der Waals surface area contributed by atoms with Crippen molar-refractivity contribution in [2.75, 3.05) is 6.61 Å². The number of aliphatic hydroxyl groups is 1. The smallest absolute Gasteiger partial charge is 0.315 e. The average molecular weight is 332 g/mol. The second-order valence-electron chi connectivity index (χ2n) is 6.93. The van der Waals surface area contributed by atoms with Crippen LogP contribution in [0, 0.1) is 5.41 Å². The summed E-state index contributed by atoms with van der Waals surface area (Å²) < 4.78 is 5.89. The van der Waals surface area contributed by atoms with Crippen LogP contribution in [0.25, 0.3) is 0 Å². The Labute approximate surface area is 143 Å². The fourth-order valence-electron chi connectivity index (χ4n) is 4.36. The van der Waals surface area contributed by atoms with E-state index in [0.29, 0.717) is 12.6 Å². The van der Waals surface area contributed by atoms with Crippen molar-refractivity contribution in [2.45, 2.75) is 64.3 Å². The molecule has 1 aromatic rings. The zero-order valence-electron chi connectivity index (χ0n) is 14.4. The third-order valence-electron chi connectivity index (χ3n) is 5.72. The molecule has 2 amide bonds. The number of hydrogen-bond acceptors (Lipinski definition) is 3. The quantitative estimate of drug-likeness (QED) is 0.750. The monoisotopic (exact) mass is 332 g/mol. The highest BCUT2D eigenvalue weighted by molar-refractivity contribution is 5.74. The molecule has 24 heavy (non-hydrogen) atoms. The van der Waals surface area contributed by atoms with E-state index >= 15 is 0 Å². The van der Waals surface area contributed by atoms with Crippen LogP contribution in [0.1, 0.15) is 50.2 Å². The molecule has 3 N–H and O–H groups in total. The summed E-state index contributed by atoms with van der Waals surface area (Å²) in [4.78, 5) is 12.3. The molecule has 0 saturated heterocycles. The van der Waals surface area contributed by atoms with Crippen LogP contribution in [-0.2, 0) is 17.9 Å². The Kier molecular flexibility index (Phi) is 5.41. The van der Waals surface area contributed by atoms with E-state index in [-0.39, 0.29) is 24.1 Å². The van der Waals surface area contributed by atoms with Crippen molar-refractivity contribution in [1.29, 1.82) is 0 Å². The van der Waals surface area contributed by atoms with E-state index in [0.717, 1.165) is 37.0 Å². The number of rotatable bonds is 6. The van der Waals surface area contributed by atoms with Gasteiger partial charge in [-0.3, -0.25) is 0 Å². The van der Waals surface area contributed by atoms with Gasteiger partial charge >= 0.3 is 6.03 Å². The van der Waals surface area contributed by atoms with Crippen LogP contribution in [0.5, 0.6) is 0 Å². The van der Waals surface area contributed by atoms with Crippen LogP contribution < -0.4 is 10.6 Å². The lowest BCUT2D eigenvalue weighted by Crippen LogP contribution is -2.64. The first-order valence-electron chi connectivity index (χ1n) is 9.03. The first kappa shape index (κ1) is 17.2. The molecule has 2 fully saturated rings. The summed E-state index contributed by atoms with van der Waals surface area (Å²) in [7, 11) is 0. The molecule has 2 atom stereocenters. The molecular weight excluding hydrogens is 304 g/mol. The predicted octanol–water partition coefficient (Wildman–Crippen LogP) is 2.72. The average Bonchev–Trinajstić information content (AvgIpc) is 3.12. The van der Waals surface area contributed by atoms with Crippen LogP contribution in [0.4, 0.5) is 4.79 Å². The van der Waals surface area contributed by atoms with E-state index in [1.165, 1.54) is 12.8 Å². The standard InChI is InChI=1S/C19H28N2O3/c1-2-24-17-11-16(19(17)9-5-6-10-19)21-18(23)20-12-14-7-3-4-8-15(14)13-22/h3-4,7-8,16-17,22H,2,5-6,9-13H2,1H3,(H2,20,21,23). The van der Waals surface area contributed by atoms with E-state index in [4.69, 9.17) is 4.74 Å². The summed E-state index contributed by atoms with van der Waals surface area (Å²) in [5.41, 5.74) is 1.95. The van der Waals surface area contributed by atoms with Crippen LogP contribution >= 0.6 is 0 Å². The molecule has 0 bridgehead atoms. The number of urea groups is 1. The Balaban J connectivity index is 1.54. The molecule has 132 valence electrons. The van der Waals surface area contributed by atoms with Gasteiger partial charge in [-0.1, -0.05) is 37.1 Å². The fraction of sp³-hybridized carbons (Fsp3) is 0.632. The van der Waals surface area contributed by atoms with Gasteiger partial charge in [-0.15, -0.1) is 0 Å². The summed E-state index contributed by atoms with van der Waals surface area (Å²) in [6.45, 7) is 3.19. The van der Waals surface area contributed by atoms with E-state index in [2.05, 4.69) is 10.6 Å². The van der Waals surface area contributed by atoms with E-state index in [1.807, 2.05) is 31.2 Å². The number of aliphatic hydroxyl groups excluding tert-OH is 1. The summed E-state index contributed by atoms with van der Waals surface area (Å²) in [5.74, 6) is 0. The number of benzene rings is 1. The number of ether oxygens (including phenoxy) is 1. The van der Waals surface area contributed by atoms with Crippen molar-refractivity contribution in [1.82, 2.24) is 10.6 Å². The largest absolute Gasteiger partial charge is 0.392 e. The number of carbonyl (C=O) groups is 1. The summed E-state index contributed by atoms with van der Waals surface area (Å²) in [5, 5.41) is 15.4. The van der Waals surface area contributed by atoms with Crippen LogP contribution in [-0.4, -0.2) is 29.9 Å². The van der Waals surface area contributed by atoms with Crippen molar-refractivity contribution in [2.24, 2.45) is 5.41 Å². The van der Waals surface area contributed by atoms with Gasteiger partial charge in [-0.25, -0.2) is 4.79 Å². The first-order chi connectivity index (χ1) is 11.7. The maximum atomic E-state index is 12.3. The van der Waals surface area contributed by atoms with Gasteiger partial charge in [0.2, 0.25) is 0 Å². The van der Waals surface area contributed by atoms with Gasteiger partial charge in [-0.05, 0) is 37.3 Å². The SMILES string of the molecule is CCOC1CC(NC(=O)NCc2ccccc2CO)C12CCCC2. The normalized spacial score (nSPS) is 24.6. The van der Waals surface area contributed by atoms with Gasteiger partial charge < -0.3 is 20.5 Å². The predicted molar refractivity (Wildman–Crippen MR) is 92.5 cm³/mol. The van der Waals surface area contributed by atoms with Gasteiger partial charge in [0.25, 0.3) is 0 Å². The Bertz CT molecular complexity index is 569. The van der Waals surface area contributed by atoms with Crippen molar-refractivity contribution in [3.8, 4) is 0 Å². The Hall–Kier alpha value is -1.59. The van der Waals surface area contributed by atoms with Crippen LogP contribution in [0.3, 0.4) is 0 Å². The maximum absolute atomic E-state index is 12.3. The van der Waals surface area contributed by atoms with Gasteiger partial charge in [0.05, 0.1) is 12.7 Å². The molecule has 0 aromatic heterocycles. The second kappa shape index (κ2) is 7.53.